The summed E-state index contributed by atoms with van der Waals surface area (Å²) in [4.78, 5) is 4.30. The Morgan fingerprint density at radius 2 is 2.22 bits per heavy atom. The molecule has 1 aromatic carbocycles. The van der Waals surface area contributed by atoms with E-state index < -0.39 is 0 Å². The van der Waals surface area contributed by atoms with E-state index in [-0.39, 0.29) is 0 Å². The minimum absolute atomic E-state index is 0.406. The Hall–Kier alpha value is -0.610. The topological polar surface area (TPSA) is 24.9 Å². The largest absolute Gasteiger partial charge is 0.312 e. The Morgan fingerprint density at radius 1 is 1.39 bits per heavy atom. The molecule has 0 amide bonds. The normalized spacial score (nSPS) is 12.6. The van der Waals surface area contributed by atoms with Gasteiger partial charge in [0.05, 0.1) is 15.1 Å². The molecule has 2 rings (SSSR count). The van der Waals surface area contributed by atoms with Gasteiger partial charge in [-0.05, 0) is 11.6 Å². The number of rotatable bonds is 5. The summed E-state index contributed by atoms with van der Waals surface area (Å²) in [6.07, 6.45) is 1.84. The van der Waals surface area contributed by atoms with E-state index in [9.17, 15) is 0 Å². The van der Waals surface area contributed by atoms with Gasteiger partial charge in [-0.25, -0.2) is 4.98 Å². The number of benzene rings is 1. The van der Waals surface area contributed by atoms with E-state index in [2.05, 4.69) is 17.2 Å². The molecule has 0 aliphatic rings. The van der Waals surface area contributed by atoms with Crippen molar-refractivity contribution in [1.29, 1.82) is 0 Å². The van der Waals surface area contributed by atoms with E-state index in [4.69, 9.17) is 23.2 Å². The maximum atomic E-state index is 6.13. The van der Waals surface area contributed by atoms with Crippen molar-refractivity contribution in [3.63, 3.8) is 0 Å². The van der Waals surface area contributed by atoms with E-state index in [1.54, 1.807) is 17.4 Å². The molecular formula is C13H14Cl2N2S. The van der Waals surface area contributed by atoms with Crippen molar-refractivity contribution in [2.24, 2.45) is 0 Å². The lowest BCUT2D eigenvalue weighted by atomic mass is 10.2. The highest BCUT2D eigenvalue weighted by atomic mass is 35.5. The number of nitrogens with zero attached hydrogens (tertiary/aromatic N) is 1. The third-order valence-electron chi connectivity index (χ3n) is 2.67. The summed E-state index contributed by atoms with van der Waals surface area (Å²) in [5.41, 5.74) is 1.02. The molecule has 1 unspecified atom stereocenters. The van der Waals surface area contributed by atoms with Gasteiger partial charge in [0.15, 0.2) is 0 Å². The Labute approximate surface area is 121 Å². The standard InChI is InChI=1S/C13H14Cl2N2S/c1-9(13-17-5-6-18-13)7-16-8-10-3-2-4-11(14)12(10)15/h2-6,9,16H,7-8H2,1H3. The summed E-state index contributed by atoms with van der Waals surface area (Å²) < 4.78 is 0. The Kier molecular flexibility index (Phi) is 5.01. The van der Waals surface area contributed by atoms with Crippen LogP contribution in [0.2, 0.25) is 10.0 Å². The van der Waals surface area contributed by atoms with Crippen LogP contribution in [0.1, 0.15) is 23.4 Å². The summed E-state index contributed by atoms with van der Waals surface area (Å²) in [7, 11) is 0. The van der Waals surface area contributed by atoms with Gasteiger partial charge in [-0.3, -0.25) is 0 Å². The van der Waals surface area contributed by atoms with Gasteiger partial charge in [0, 0.05) is 30.6 Å². The molecule has 0 bridgehead atoms. The number of halogens is 2. The predicted octanol–water partition coefficient (Wildman–Crippen LogP) is 4.34. The van der Waals surface area contributed by atoms with Gasteiger partial charge in [0.2, 0.25) is 0 Å². The maximum Gasteiger partial charge on any atom is 0.0965 e. The number of aromatic nitrogens is 1. The fraction of sp³-hybridized carbons (Fsp3) is 0.308. The van der Waals surface area contributed by atoms with Crippen LogP contribution in [0.15, 0.2) is 29.8 Å². The molecule has 0 radical (unpaired) electrons. The van der Waals surface area contributed by atoms with Crippen LogP contribution in [-0.4, -0.2) is 11.5 Å². The number of nitrogens with one attached hydrogen (secondary N) is 1. The average Bonchev–Trinajstić information content (AvgIpc) is 2.88. The summed E-state index contributed by atoms with van der Waals surface area (Å²) in [6, 6.07) is 5.69. The Bertz CT molecular complexity index is 500. The van der Waals surface area contributed by atoms with Crippen LogP contribution < -0.4 is 5.32 Å². The molecule has 1 aromatic heterocycles. The number of hydrogen-bond donors (Lipinski definition) is 1. The molecule has 0 aliphatic heterocycles. The lowest BCUT2D eigenvalue weighted by molar-refractivity contribution is 0.613. The maximum absolute atomic E-state index is 6.13. The molecule has 0 saturated carbocycles. The Balaban J connectivity index is 1.87. The summed E-state index contributed by atoms with van der Waals surface area (Å²) in [6.45, 7) is 3.75. The van der Waals surface area contributed by atoms with E-state index in [0.717, 1.165) is 23.7 Å². The third-order valence-corrected chi connectivity index (χ3v) is 4.54. The van der Waals surface area contributed by atoms with Crippen LogP contribution in [0.3, 0.4) is 0 Å². The van der Waals surface area contributed by atoms with Gasteiger partial charge < -0.3 is 5.32 Å². The van der Waals surface area contributed by atoms with Gasteiger partial charge in [-0.1, -0.05) is 42.3 Å². The average molecular weight is 301 g/mol. The quantitative estimate of drug-likeness (QED) is 0.888. The summed E-state index contributed by atoms with van der Waals surface area (Å²) in [5, 5.41) is 7.77. The van der Waals surface area contributed by atoms with Crippen molar-refractivity contribution in [3.8, 4) is 0 Å². The second kappa shape index (κ2) is 6.53. The molecule has 96 valence electrons. The second-order valence-corrected chi connectivity index (χ2v) is 5.83. The monoisotopic (exact) mass is 300 g/mol. The molecule has 18 heavy (non-hydrogen) atoms. The minimum atomic E-state index is 0.406. The Morgan fingerprint density at radius 3 is 2.94 bits per heavy atom. The van der Waals surface area contributed by atoms with E-state index >= 15 is 0 Å². The lowest BCUT2D eigenvalue weighted by Gasteiger charge is -2.11. The summed E-state index contributed by atoms with van der Waals surface area (Å²) >= 11 is 13.8. The van der Waals surface area contributed by atoms with Crippen LogP contribution in [0.4, 0.5) is 0 Å². The van der Waals surface area contributed by atoms with Crippen LogP contribution in [-0.2, 0) is 6.54 Å². The first kappa shape index (κ1) is 13.8. The molecule has 0 aliphatic carbocycles. The highest BCUT2D eigenvalue weighted by molar-refractivity contribution is 7.09. The van der Waals surface area contributed by atoms with Gasteiger partial charge in [0.25, 0.3) is 0 Å². The fourth-order valence-corrected chi connectivity index (χ4v) is 2.76. The minimum Gasteiger partial charge on any atom is -0.312 e. The zero-order valence-electron chi connectivity index (χ0n) is 9.99. The van der Waals surface area contributed by atoms with Crippen molar-refractivity contribution in [2.45, 2.75) is 19.4 Å². The summed E-state index contributed by atoms with van der Waals surface area (Å²) in [5.74, 6) is 0.406. The number of hydrogen-bond acceptors (Lipinski definition) is 3. The van der Waals surface area contributed by atoms with Crippen molar-refractivity contribution in [2.75, 3.05) is 6.54 Å². The van der Waals surface area contributed by atoms with Gasteiger partial charge in [-0.15, -0.1) is 11.3 Å². The highest BCUT2D eigenvalue weighted by Gasteiger charge is 2.08. The van der Waals surface area contributed by atoms with E-state index in [1.807, 2.05) is 23.7 Å². The predicted molar refractivity (Wildman–Crippen MR) is 78.7 cm³/mol. The first-order valence-electron chi connectivity index (χ1n) is 5.71. The van der Waals surface area contributed by atoms with E-state index in [0.29, 0.717) is 16.0 Å². The third kappa shape index (κ3) is 3.45. The molecular weight excluding hydrogens is 287 g/mol. The second-order valence-electron chi connectivity index (χ2n) is 4.12. The highest BCUT2D eigenvalue weighted by Crippen LogP contribution is 2.25. The fourth-order valence-electron chi connectivity index (χ4n) is 1.67. The zero-order valence-corrected chi connectivity index (χ0v) is 12.3. The molecule has 1 N–H and O–H groups in total. The van der Waals surface area contributed by atoms with Gasteiger partial charge in [0.1, 0.15) is 0 Å². The molecule has 0 saturated heterocycles. The van der Waals surface area contributed by atoms with E-state index in [1.165, 1.54) is 0 Å². The molecule has 1 atom stereocenters. The van der Waals surface area contributed by atoms with Gasteiger partial charge in [-0.2, -0.15) is 0 Å². The molecule has 0 fully saturated rings. The molecule has 1 heterocycles. The SMILES string of the molecule is CC(CNCc1cccc(Cl)c1Cl)c1nccs1. The smallest absolute Gasteiger partial charge is 0.0965 e. The first-order valence-corrected chi connectivity index (χ1v) is 7.35. The van der Waals surface area contributed by atoms with Crippen LogP contribution in [0, 0.1) is 0 Å². The lowest BCUT2D eigenvalue weighted by Crippen LogP contribution is -2.19. The molecule has 2 nitrogen and oxygen atoms in total. The van der Waals surface area contributed by atoms with Crippen molar-refractivity contribution in [3.05, 3.63) is 50.4 Å². The van der Waals surface area contributed by atoms with Gasteiger partial charge >= 0.3 is 0 Å². The molecule has 2 aromatic rings. The number of thiazole rings is 1. The zero-order chi connectivity index (χ0) is 13.0. The van der Waals surface area contributed by atoms with Crippen molar-refractivity contribution >= 4 is 34.5 Å². The molecule has 5 heteroatoms. The van der Waals surface area contributed by atoms with Crippen molar-refractivity contribution in [1.82, 2.24) is 10.3 Å². The molecule has 0 spiro atoms. The first-order chi connectivity index (χ1) is 8.68. The van der Waals surface area contributed by atoms with Crippen LogP contribution in [0.5, 0.6) is 0 Å². The van der Waals surface area contributed by atoms with Crippen LogP contribution in [0.25, 0.3) is 0 Å². The van der Waals surface area contributed by atoms with Crippen LogP contribution >= 0.6 is 34.5 Å². The van der Waals surface area contributed by atoms with Crippen molar-refractivity contribution < 1.29 is 0 Å².